The van der Waals surface area contributed by atoms with Gasteiger partial charge in [0.1, 0.15) is 5.60 Å². The second kappa shape index (κ2) is 3.61. The summed E-state index contributed by atoms with van der Waals surface area (Å²) in [6, 6.07) is 5.56. The van der Waals surface area contributed by atoms with E-state index >= 15 is 0 Å². The van der Waals surface area contributed by atoms with Crippen LogP contribution in [0.1, 0.15) is 22.8 Å². The van der Waals surface area contributed by atoms with Gasteiger partial charge in [0.2, 0.25) is 0 Å². The van der Waals surface area contributed by atoms with Gasteiger partial charge in [-0.05, 0) is 30.7 Å². The highest BCUT2D eigenvalue weighted by atomic mass is 79.9. The van der Waals surface area contributed by atoms with Crippen LogP contribution in [-0.4, -0.2) is 18.1 Å². The molecule has 0 spiro atoms. The maximum absolute atomic E-state index is 11.7. The molecular weight excluding hydrogens is 258 g/mol. The highest BCUT2D eigenvalue weighted by Crippen LogP contribution is 2.29. The Morgan fingerprint density at radius 3 is 3.00 bits per heavy atom. The molecular formula is C11H12BrNO2. The third-order valence-corrected chi connectivity index (χ3v) is 3.12. The van der Waals surface area contributed by atoms with Crippen molar-refractivity contribution >= 4 is 21.9 Å². The number of benzene rings is 1. The number of hydrogen-bond acceptors (Lipinski definition) is 3. The Hall–Kier alpha value is -0.870. The minimum Gasteiger partial charge on any atom is -0.454 e. The monoisotopic (exact) mass is 269 g/mol. The first-order valence-electron chi connectivity index (χ1n) is 4.76. The molecule has 1 aromatic rings. The summed E-state index contributed by atoms with van der Waals surface area (Å²) in [5.74, 6) is -0.281. The first-order valence-corrected chi connectivity index (χ1v) is 5.55. The van der Waals surface area contributed by atoms with E-state index in [9.17, 15) is 4.79 Å². The van der Waals surface area contributed by atoms with Crippen molar-refractivity contribution < 1.29 is 9.53 Å². The van der Waals surface area contributed by atoms with E-state index in [1.165, 1.54) is 0 Å². The van der Waals surface area contributed by atoms with Gasteiger partial charge in [-0.15, -0.1) is 0 Å². The lowest BCUT2D eigenvalue weighted by atomic mass is 9.90. The molecule has 0 radical (unpaired) electrons. The topological polar surface area (TPSA) is 52.3 Å². The molecule has 0 saturated heterocycles. The Morgan fingerprint density at radius 1 is 1.60 bits per heavy atom. The number of esters is 1. The fourth-order valence-corrected chi connectivity index (χ4v) is 2.15. The minimum atomic E-state index is -0.565. The Labute approximate surface area is 96.7 Å². The summed E-state index contributed by atoms with van der Waals surface area (Å²) in [5.41, 5.74) is 6.68. The van der Waals surface area contributed by atoms with E-state index in [0.717, 1.165) is 10.0 Å². The molecule has 4 heteroatoms. The molecule has 1 unspecified atom stereocenters. The van der Waals surface area contributed by atoms with E-state index in [1.807, 2.05) is 19.1 Å². The summed E-state index contributed by atoms with van der Waals surface area (Å²) in [6.45, 7) is 2.19. The van der Waals surface area contributed by atoms with Crippen molar-refractivity contribution in [3.8, 4) is 0 Å². The average Bonchev–Trinajstić information content (AvgIpc) is 2.16. The van der Waals surface area contributed by atoms with Gasteiger partial charge in [-0.3, -0.25) is 0 Å². The van der Waals surface area contributed by atoms with Gasteiger partial charge in [0.15, 0.2) is 0 Å². The molecule has 15 heavy (non-hydrogen) atoms. The maximum atomic E-state index is 11.7. The van der Waals surface area contributed by atoms with Crippen LogP contribution in [0.5, 0.6) is 0 Å². The molecule has 0 saturated carbocycles. The fourth-order valence-electron chi connectivity index (χ4n) is 1.74. The number of halogens is 1. The van der Waals surface area contributed by atoms with Gasteiger partial charge in [0, 0.05) is 17.4 Å². The summed E-state index contributed by atoms with van der Waals surface area (Å²) in [5, 5.41) is 0. The first kappa shape index (κ1) is 10.6. The van der Waals surface area contributed by atoms with Crippen molar-refractivity contribution in [2.45, 2.75) is 18.9 Å². The molecule has 80 valence electrons. The molecule has 1 atom stereocenters. The Kier molecular flexibility index (Phi) is 2.56. The molecule has 1 aliphatic rings. The number of carbonyl (C=O) groups excluding carboxylic acids is 1. The molecule has 0 aromatic heterocycles. The lowest BCUT2D eigenvalue weighted by Gasteiger charge is -2.33. The predicted octanol–water partition coefficient (Wildman–Crippen LogP) is 1.88. The fraction of sp³-hybridized carbons (Fsp3) is 0.364. The largest absolute Gasteiger partial charge is 0.454 e. The van der Waals surface area contributed by atoms with Crippen LogP contribution in [0.15, 0.2) is 22.7 Å². The molecule has 2 N–H and O–H groups in total. The summed E-state index contributed by atoms with van der Waals surface area (Å²) in [7, 11) is 0. The van der Waals surface area contributed by atoms with Crippen LogP contribution < -0.4 is 5.73 Å². The van der Waals surface area contributed by atoms with E-state index in [4.69, 9.17) is 10.5 Å². The van der Waals surface area contributed by atoms with Crippen molar-refractivity contribution in [1.82, 2.24) is 0 Å². The van der Waals surface area contributed by atoms with E-state index < -0.39 is 5.60 Å². The standard InChI is InChI=1S/C11H12BrNO2/c1-11(6-13)5-7-4-8(12)2-3-9(7)10(14)15-11/h2-4H,5-6,13H2,1H3. The van der Waals surface area contributed by atoms with Gasteiger partial charge >= 0.3 is 5.97 Å². The molecule has 1 aliphatic heterocycles. The van der Waals surface area contributed by atoms with Crippen LogP contribution in [0.3, 0.4) is 0 Å². The van der Waals surface area contributed by atoms with E-state index in [2.05, 4.69) is 15.9 Å². The van der Waals surface area contributed by atoms with Crippen molar-refractivity contribution in [2.24, 2.45) is 5.73 Å². The molecule has 0 aliphatic carbocycles. The smallest absolute Gasteiger partial charge is 0.339 e. The van der Waals surface area contributed by atoms with Gasteiger partial charge < -0.3 is 10.5 Å². The number of fused-ring (bicyclic) bond motifs is 1. The number of rotatable bonds is 1. The third-order valence-electron chi connectivity index (χ3n) is 2.62. The van der Waals surface area contributed by atoms with Crippen LogP contribution in [-0.2, 0) is 11.2 Å². The molecule has 0 amide bonds. The number of nitrogens with two attached hydrogens (primary N) is 1. The Balaban J connectivity index is 2.46. The third kappa shape index (κ3) is 1.92. The molecule has 3 nitrogen and oxygen atoms in total. The van der Waals surface area contributed by atoms with Gasteiger partial charge in [0.25, 0.3) is 0 Å². The maximum Gasteiger partial charge on any atom is 0.339 e. The summed E-state index contributed by atoms with van der Waals surface area (Å²) >= 11 is 3.39. The molecule has 0 bridgehead atoms. The van der Waals surface area contributed by atoms with Crippen molar-refractivity contribution in [2.75, 3.05) is 6.54 Å². The SMILES string of the molecule is CC1(CN)Cc2cc(Br)ccc2C(=O)O1. The van der Waals surface area contributed by atoms with Crippen molar-refractivity contribution in [3.63, 3.8) is 0 Å². The van der Waals surface area contributed by atoms with Crippen LogP contribution in [0.2, 0.25) is 0 Å². The number of hydrogen-bond donors (Lipinski definition) is 1. The van der Waals surface area contributed by atoms with Crippen LogP contribution in [0.25, 0.3) is 0 Å². The summed E-state index contributed by atoms with van der Waals surface area (Å²) in [4.78, 5) is 11.7. The quantitative estimate of drug-likeness (QED) is 0.793. The number of cyclic esters (lactones) is 1. The lowest BCUT2D eigenvalue weighted by Crippen LogP contribution is -2.45. The second-order valence-electron chi connectivity index (χ2n) is 4.02. The van der Waals surface area contributed by atoms with Gasteiger partial charge in [-0.1, -0.05) is 15.9 Å². The average molecular weight is 270 g/mol. The molecule has 2 rings (SSSR count). The van der Waals surface area contributed by atoms with E-state index in [-0.39, 0.29) is 5.97 Å². The van der Waals surface area contributed by atoms with E-state index in [0.29, 0.717) is 18.5 Å². The summed E-state index contributed by atoms with van der Waals surface area (Å²) < 4.78 is 6.28. The summed E-state index contributed by atoms with van der Waals surface area (Å²) in [6.07, 6.45) is 0.671. The van der Waals surface area contributed by atoms with E-state index in [1.54, 1.807) is 6.07 Å². The predicted molar refractivity (Wildman–Crippen MR) is 60.7 cm³/mol. The Bertz CT molecular complexity index is 419. The van der Waals surface area contributed by atoms with Crippen molar-refractivity contribution in [1.29, 1.82) is 0 Å². The molecule has 0 fully saturated rings. The number of carbonyl (C=O) groups is 1. The molecule has 1 aromatic carbocycles. The Morgan fingerprint density at radius 2 is 2.33 bits per heavy atom. The zero-order valence-electron chi connectivity index (χ0n) is 8.42. The second-order valence-corrected chi connectivity index (χ2v) is 4.94. The van der Waals surface area contributed by atoms with Crippen LogP contribution in [0, 0.1) is 0 Å². The minimum absolute atomic E-state index is 0.281. The highest BCUT2D eigenvalue weighted by Gasteiger charge is 2.34. The highest BCUT2D eigenvalue weighted by molar-refractivity contribution is 9.10. The van der Waals surface area contributed by atoms with Crippen LogP contribution >= 0.6 is 15.9 Å². The van der Waals surface area contributed by atoms with Gasteiger partial charge in [0.05, 0.1) is 5.56 Å². The zero-order valence-corrected chi connectivity index (χ0v) is 10.0. The lowest BCUT2D eigenvalue weighted by molar-refractivity contribution is -0.0110. The zero-order chi connectivity index (χ0) is 11.1. The number of ether oxygens (including phenoxy) is 1. The van der Waals surface area contributed by atoms with Gasteiger partial charge in [-0.2, -0.15) is 0 Å². The van der Waals surface area contributed by atoms with Crippen molar-refractivity contribution in [3.05, 3.63) is 33.8 Å². The first-order chi connectivity index (χ1) is 7.04. The molecule has 1 heterocycles. The normalized spacial score (nSPS) is 24.6. The van der Waals surface area contributed by atoms with Crippen LogP contribution in [0.4, 0.5) is 0 Å². The van der Waals surface area contributed by atoms with Gasteiger partial charge in [-0.25, -0.2) is 4.79 Å².